The summed E-state index contributed by atoms with van der Waals surface area (Å²) in [6, 6.07) is 9.23. The zero-order valence-electron chi connectivity index (χ0n) is 15.5. The maximum atomic E-state index is 12.7. The van der Waals surface area contributed by atoms with E-state index in [2.05, 4.69) is 5.32 Å². The summed E-state index contributed by atoms with van der Waals surface area (Å²) in [4.78, 5) is 22.4. The van der Waals surface area contributed by atoms with E-state index in [0.717, 1.165) is 21.5 Å². The van der Waals surface area contributed by atoms with E-state index in [1.54, 1.807) is 6.07 Å². The summed E-state index contributed by atoms with van der Waals surface area (Å²) in [5.74, 6) is -0.503. The number of carbonyl (C=O) groups is 1. The topological polar surface area (TPSA) is 110 Å². The highest BCUT2D eigenvalue weighted by Crippen LogP contribution is 2.24. The number of benzene rings is 2. The van der Waals surface area contributed by atoms with E-state index in [1.807, 2.05) is 26.0 Å². The summed E-state index contributed by atoms with van der Waals surface area (Å²) in [7, 11) is -2.80. The lowest BCUT2D eigenvalue weighted by atomic mass is 10.1. The summed E-state index contributed by atoms with van der Waals surface area (Å²) < 4.78 is 26.2. The van der Waals surface area contributed by atoms with Crippen LogP contribution in [0.2, 0.25) is 0 Å². The molecule has 27 heavy (non-hydrogen) atoms. The second kappa shape index (κ2) is 7.85. The molecule has 0 bridgehead atoms. The molecule has 9 heteroatoms. The average molecular weight is 391 g/mol. The third-order valence-electron chi connectivity index (χ3n) is 4.12. The van der Waals surface area contributed by atoms with Gasteiger partial charge < -0.3 is 5.32 Å². The van der Waals surface area contributed by atoms with Gasteiger partial charge in [-0.05, 0) is 44.0 Å². The van der Waals surface area contributed by atoms with Crippen LogP contribution in [-0.2, 0) is 14.8 Å². The van der Waals surface area contributed by atoms with Crippen LogP contribution in [0.3, 0.4) is 0 Å². The minimum atomic E-state index is -4.05. The molecule has 144 valence electrons. The van der Waals surface area contributed by atoms with E-state index >= 15 is 0 Å². The van der Waals surface area contributed by atoms with Gasteiger partial charge in [0.25, 0.3) is 5.69 Å². The van der Waals surface area contributed by atoms with E-state index in [4.69, 9.17) is 0 Å². The molecule has 8 nitrogen and oxygen atoms in total. The summed E-state index contributed by atoms with van der Waals surface area (Å²) in [5, 5.41) is 13.7. The van der Waals surface area contributed by atoms with E-state index < -0.39 is 27.4 Å². The number of likely N-dealkylation sites (N-methyl/N-ethyl adjacent to an activating group) is 1. The molecule has 0 aliphatic heterocycles. The number of nitro benzene ring substituents is 1. The first-order valence-corrected chi connectivity index (χ1v) is 9.55. The molecule has 0 unspecified atom stereocenters. The summed E-state index contributed by atoms with van der Waals surface area (Å²) in [6.45, 7) is 4.82. The fraction of sp³-hybridized carbons (Fsp3) is 0.278. The predicted molar refractivity (Wildman–Crippen MR) is 102 cm³/mol. The molecule has 0 heterocycles. The smallest absolute Gasteiger partial charge is 0.273 e. The molecule has 0 saturated carbocycles. The van der Waals surface area contributed by atoms with E-state index in [-0.39, 0.29) is 10.6 Å². The number of nitrogens with one attached hydrogen (secondary N) is 1. The number of nitro groups is 1. The van der Waals surface area contributed by atoms with Crippen molar-refractivity contribution in [1.82, 2.24) is 4.31 Å². The molecular weight excluding hydrogens is 370 g/mol. The Morgan fingerprint density at radius 3 is 2.37 bits per heavy atom. The first kappa shape index (κ1) is 20.5. The first-order valence-electron chi connectivity index (χ1n) is 8.11. The first-order chi connectivity index (χ1) is 12.5. The highest BCUT2D eigenvalue weighted by molar-refractivity contribution is 7.89. The van der Waals surface area contributed by atoms with E-state index in [0.29, 0.717) is 11.3 Å². The highest BCUT2D eigenvalue weighted by atomic mass is 32.2. The number of sulfonamides is 1. The molecule has 0 aliphatic rings. The van der Waals surface area contributed by atoms with Crippen LogP contribution in [0.4, 0.5) is 11.4 Å². The second-order valence-electron chi connectivity index (χ2n) is 6.33. The van der Waals surface area contributed by atoms with E-state index in [9.17, 15) is 23.3 Å². The molecule has 2 aromatic carbocycles. The summed E-state index contributed by atoms with van der Waals surface area (Å²) in [5.41, 5.74) is 2.49. The lowest BCUT2D eigenvalue weighted by Crippen LogP contribution is -2.35. The van der Waals surface area contributed by atoms with Crippen molar-refractivity contribution in [3.8, 4) is 0 Å². The number of hydrogen-bond donors (Lipinski definition) is 1. The van der Waals surface area contributed by atoms with Crippen LogP contribution in [0.25, 0.3) is 0 Å². The van der Waals surface area contributed by atoms with Crippen LogP contribution in [0, 0.1) is 30.9 Å². The number of aryl methyl sites for hydroxylation is 3. The Bertz CT molecular complexity index is 1000. The predicted octanol–water partition coefficient (Wildman–Crippen LogP) is 2.78. The summed E-state index contributed by atoms with van der Waals surface area (Å²) in [6.07, 6.45) is 0. The van der Waals surface area contributed by atoms with Gasteiger partial charge in [-0.1, -0.05) is 18.2 Å². The van der Waals surface area contributed by atoms with Crippen molar-refractivity contribution in [2.75, 3.05) is 18.9 Å². The van der Waals surface area contributed by atoms with E-state index in [1.165, 1.54) is 26.1 Å². The highest BCUT2D eigenvalue weighted by Gasteiger charge is 2.25. The molecule has 2 aromatic rings. The fourth-order valence-electron chi connectivity index (χ4n) is 2.47. The average Bonchev–Trinajstić information content (AvgIpc) is 2.57. The lowest BCUT2D eigenvalue weighted by molar-refractivity contribution is -0.385. The Hall–Kier alpha value is -2.78. The van der Waals surface area contributed by atoms with Crippen molar-refractivity contribution in [3.63, 3.8) is 0 Å². The monoisotopic (exact) mass is 391 g/mol. The number of anilines is 1. The number of amides is 1. The SMILES string of the molecule is Cc1ccc(C)c(NC(=O)CN(C)S(=O)(=O)c2ccc(C)c([N+](=O)[O-])c2)c1. The molecule has 0 aliphatic carbocycles. The summed E-state index contributed by atoms with van der Waals surface area (Å²) >= 11 is 0. The standard InChI is InChI=1S/C18H21N3O5S/c1-12-5-6-13(2)16(9-12)19-18(22)11-20(4)27(25,26)15-8-7-14(3)17(10-15)21(23)24/h5-10H,11H2,1-4H3,(H,19,22). The van der Waals surface area contributed by atoms with Gasteiger partial charge in [0, 0.05) is 24.4 Å². The molecule has 0 saturated heterocycles. The molecule has 1 amide bonds. The van der Waals surface area contributed by atoms with Crippen LogP contribution < -0.4 is 5.32 Å². The van der Waals surface area contributed by atoms with Crippen LogP contribution in [0.15, 0.2) is 41.3 Å². The Balaban J connectivity index is 2.20. The van der Waals surface area contributed by atoms with Gasteiger partial charge in [0.2, 0.25) is 15.9 Å². The maximum Gasteiger partial charge on any atom is 0.273 e. The van der Waals surface area contributed by atoms with Crippen molar-refractivity contribution in [1.29, 1.82) is 0 Å². The fourth-order valence-corrected chi connectivity index (χ4v) is 3.62. The molecule has 0 aromatic heterocycles. The molecule has 1 N–H and O–H groups in total. The lowest BCUT2D eigenvalue weighted by Gasteiger charge is -2.17. The second-order valence-corrected chi connectivity index (χ2v) is 8.38. The quantitative estimate of drug-likeness (QED) is 0.601. The van der Waals surface area contributed by atoms with Gasteiger partial charge in [0.1, 0.15) is 0 Å². The van der Waals surface area contributed by atoms with Gasteiger partial charge in [0.15, 0.2) is 0 Å². The molecule has 0 atom stereocenters. The van der Waals surface area contributed by atoms with Gasteiger partial charge in [-0.2, -0.15) is 4.31 Å². The maximum absolute atomic E-state index is 12.7. The van der Waals surface area contributed by atoms with Gasteiger partial charge >= 0.3 is 0 Å². The van der Waals surface area contributed by atoms with Crippen molar-refractivity contribution >= 4 is 27.3 Å². The Morgan fingerprint density at radius 2 is 1.74 bits per heavy atom. The Morgan fingerprint density at radius 1 is 1.11 bits per heavy atom. The minimum absolute atomic E-state index is 0.234. The third kappa shape index (κ3) is 4.69. The van der Waals surface area contributed by atoms with Crippen LogP contribution >= 0.6 is 0 Å². The molecule has 2 rings (SSSR count). The van der Waals surface area contributed by atoms with Gasteiger partial charge in [-0.25, -0.2) is 8.42 Å². The Kier molecular flexibility index (Phi) is 5.97. The number of nitrogens with zero attached hydrogens (tertiary/aromatic N) is 2. The van der Waals surface area contributed by atoms with Crippen molar-refractivity contribution in [2.24, 2.45) is 0 Å². The minimum Gasteiger partial charge on any atom is -0.325 e. The molecule has 0 radical (unpaired) electrons. The molecule has 0 spiro atoms. The normalized spacial score (nSPS) is 11.4. The van der Waals surface area contributed by atoms with Gasteiger partial charge in [-0.15, -0.1) is 0 Å². The molecule has 0 fully saturated rings. The molecular formula is C18H21N3O5S. The van der Waals surface area contributed by atoms with Crippen LogP contribution in [-0.4, -0.2) is 37.1 Å². The van der Waals surface area contributed by atoms with Crippen LogP contribution in [0.5, 0.6) is 0 Å². The van der Waals surface area contributed by atoms with Crippen LogP contribution in [0.1, 0.15) is 16.7 Å². The largest absolute Gasteiger partial charge is 0.325 e. The van der Waals surface area contributed by atoms with Crippen molar-refractivity contribution in [3.05, 3.63) is 63.2 Å². The number of carbonyl (C=O) groups excluding carboxylic acids is 1. The number of hydrogen-bond acceptors (Lipinski definition) is 5. The third-order valence-corrected chi connectivity index (χ3v) is 5.92. The number of rotatable bonds is 6. The van der Waals surface area contributed by atoms with Crippen molar-refractivity contribution < 1.29 is 18.1 Å². The Labute approximate surface area is 158 Å². The zero-order chi connectivity index (χ0) is 20.4. The van der Waals surface area contributed by atoms with Gasteiger partial charge in [0.05, 0.1) is 16.4 Å². The zero-order valence-corrected chi connectivity index (χ0v) is 16.3. The van der Waals surface area contributed by atoms with Crippen molar-refractivity contribution in [2.45, 2.75) is 25.7 Å². The van der Waals surface area contributed by atoms with Gasteiger partial charge in [-0.3, -0.25) is 14.9 Å².